The predicted octanol–water partition coefficient (Wildman–Crippen LogP) is 35.9. The quantitative estimate of drug-likeness (QED) is 0.0975. The van der Waals surface area contributed by atoms with E-state index in [-0.39, 0.29) is 0 Å². The van der Waals surface area contributed by atoms with Crippen molar-refractivity contribution in [1.29, 1.82) is 0 Å². The lowest BCUT2D eigenvalue weighted by Crippen LogP contribution is -2.63. The Morgan fingerprint density at radius 3 is 0.800 bits per heavy atom. The molecule has 9 fully saturated rings. The van der Waals surface area contributed by atoms with E-state index in [1.54, 1.807) is 39.0 Å². The lowest BCUT2D eigenvalue weighted by atomic mass is 9.48. The second-order valence-corrected chi connectivity index (χ2v) is 53.0. The normalized spacial score (nSPS) is 23.5. The first-order valence-electron chi connectivity index (χ1n) is 58.6. The number of fused-ring (bicyclic) bond motifs is 6. The Morgan fingerprint density at radius 2 is 0.571 bits per heavy atom. The second-order valence-electron chi connectivity index (χ2n) is 53.0. The van der Waals surface area contributed by atoms with Gasteiger partial charge in [0.1, 0.15) is 0 Å². The Labute approximate surface area is 869 Å². The monoisotopic (exact) mass is 1920 g/mol. The van der Waals surface area contributed by atoms with E-state index in [9.17, 15) is 0 Å². The van der Waals surface area contributed by atoms with Gasteiger partial charge in [0.25, 0.3) is 0 Å². The lowest BCUT2D eigenvalue weighted by Gasteiger charge is -2.57. The summed E-state index contributed by atoms with van der Waals surface area (Å²) >= 11 is 0. The number of hydrogen-bond acceptors (Lipinski definition) is 8. The summed E-state index contributed by atoms with van der Waals surface area (Å²) in [5.41, 5.74) is 23.4. The average Bonchev–Trinajstić information content (AvgIpc) is 1.00. The van der Waals surface area contributed by atoms with Crippen LogP contribution in [0.5, 0.6) is 0 Å². The van der Waals surface area contributed by atoms with Crippen LogP contribution in [0.2, 0.25) is 0 Å². The Balaban J connectivity index is 0.000000212. The number of aromatic nitrogens is 1. The zero-order chi connectivity index (χ0) is 104. The maximum Gasteiger partial charge on any atom is 0.0429 e. The van der Waals surface area contributed by atoms with E-state index in [0.717, 1.165) is 113 Å². The van der Waals surface area contributed by atoms with Gasteiger partial charge in [0.05, 0.1) is 0 Å². The third-order valence-electron chi connectivity index (χ3n) is 35.6. The molecule has 4 atom stereocenters. The molecule has 0 amide bonds. The highest BCUT2D eigenvalue weighted by atomic mass is 15.3. The van der Waals surface area contributed by atoms with Crippen LogP contribution in [0.25, 0.3) is 10.8 Å². The third-order valence-corrected chi connectivity index (χ3v) is 35.6. The van der Waals surface area contributed by atoms with Gasteiger partial charge in [-0.3, -0.25) is 39.3 Å². The molecule has 8 heteroatoms. The summed E-state index contributed by atoms with van der Waals surface area (Å²) in [5, 5.41) is 2.71. The number of pyridine rings is 1. The smallest absolute Gasteiger partial charge is 0.0429 e. The van der Waals surface area contributed by atoms with Crippen molar-refractivity contribution < 1.29 is 0 Å². The molecule has 17 rings (SSSR count). The molecule has 2 bridgehead atoms. The number of piperazine rings is 3. The molecule has 4 saturated heterocycles. The Kier molecular flexibility index (Phi) is 49.4. The van der Waals surface area contributed by atoms with Gasteiger partial charge in [0.2, 0.25) is 0 Å². The first kappa shape index (κ1) is 122. The zero-order valence-electron chi connectivity index (χ0n) is 99.9. The van der Waals surface area contributed by atoms with E-state index in [2.05, 4.69) is 427 Å². The summed E-state index contributed by atoms with van der Waals surface area (Å²) in [5.74, 6) is 9.23. The van der Waals surface area contributed by atoms with E-state index < -0.39 is 0 Å². The molecular weight excluding hydrogens is 1700 g/mol. The molecule has 794 valence electrons. The summed E-state index contributed by atoms with van der Waals surface area (Å²) in [4.78, 5) is 23.1. The number of rotatable bonds is 18. The van der Waals surface area contributed by atoms with Crippen molar-refractivity contribution in [3.8, 4) is 0 Å². The molecule has 3 aromatic carbocycles. The van der Waals surface area contributed by atoms with Crippen LogP contribution in [0.4, 0.5) is 0 Å². The number of allylic oxidation sites excluding steroid dienone is 12. The minimum atomic E-state index is 0.364. The summed E-state index contributed by atoms with van der Waals surface area (Å²) in [6.45, 7) is 109. The van der Waals surface area contributed by atoms with E-state index in [1.807, 2.05) is 6.20 Å². The molecule has 13 aliphatic rings. The lowest BCUT2D eigenvalue weighted by molar-refractivity contribution is -0.0623. The van der Waals surface area contributed by atoms with Crippen molar-refractivity contribution in [3.05, 3.63) is 181 Å². The van der Waals surface area contributed by atoms with Gasteiger partial charge in [-0.2, -0.15) is 0 Å². The minimum Gasteiger partial charge on any atom is -0.298 e. The number of hydrogen-bond donors (Lipinski definition) is 0. The van der Waals surface area contributed by atoms with Gasteiger partial charge in [-0.1, -0.05) is 332 Å². The van der Waals surface area contributed by atoms with Crippen LogP contribution < -0.4 is 0 Å². The van der Waals surface area contributed by atoms with Crippen LogP contribution >= 0.6 is 0 Å². The second kappa shape index (κ2) is 56.6. The van der Waals surface area contributed by atoms with E-state index in [1.165, 1.54) is 244 Å². The topological polar surface area (TPSA) is 35.6 Å². The molecule has 0 N–H and O–H groups in total. The van der Waals surface area contributed by atoms with Crippen molar-refractivity contribution in [2.24, 2.45) is 57.7 Å². The standard InChI is InChI=1S/C16H20.2C14H28N2.2C14H20.C14H26.C13H27N.C12H18.C11H17N.C10H22N2/c1-11(2)13-5-7-16-10-14(12(3)4)6-8-15(16)9-13;2*1-11(2)15-9-10-16(12(3)4)14-8-6-5-7-13(14)15;2*1-9(2)11-5-13-7-12(10(3)4)8-14(13)6-11;1-11(2)13-5-8-14(9-6-13,10-7-13)12(3)4;1-12(2,3)11-7-9-14(10-8-11)13(4,5)6;1-9(2)11-5-7-12(8-6-11)10(3)4;1-8(2)10-5-6-11(9(3)4)12-7-10;1-9(2)11-5-7-12(8-6-11)10(3)4/h5-12H,1-4H3;2*11-14H,5-10H2,1-4H3;5,8-10H,6-7H2,1-4H3;5,7,9-10H,6,8H2,1-4H3;11-12H,5-10H2,1-4H3;11H,7-10H2,1-6H3;5-10H,1-4H3;5-9H,1-4H3;9-10H,5-8H2,1-4H3/t;2*13-,14-;;;;;;;/m.10......./s1. The van der Waals surface area contributed by atoms with E-state index >= 15 is 0 Å². The van der Waals surface area contributed by atoms with Crippen molar-refractivity contribution in [2.45, 2.75) is 521 Å². The molecule has 4 aromatic rings. The summed E-state index contributed by atoms with van der Waals surface area (Å²) in [7, 11) is 0. The first-order valence-corrected chi connectivity index (χ1v) is 58.6. The fourth-order valence-electron chi connectivity index (χ4n) is 24.4. The molecule has 9 aliphatic carbocycles. The van der Waals surface area contributed by atoms with Crippen LogP contribution in [-0.4, -0.2) is 171 Å². The minimum absolute atomic E-state index is 0.364. The fraction of sp³-hybridized carbons (Fsp3) is 0.750. The van der Waals surface area contributed by atoms with Gasteiger partial charge >= 0.3 is 0 Å². The van der Waals surface area contributed by atoms with Crippen LogP contribution in [0.15, 0.2) is 148 Å². The van der Waals surface area contributed by atoms with Crippen molar-refractivity contribution in [2.75, 3.05) is 65.4 Å². The highest BCUT2D eigenvalue weighted by Gasteiger charge is 2.51. The van der Waals surface area contributed by atoms with Crippen molar-refractivity contribution in [3.63, 3.8) is 0 Å². The molecule has 5 heterocycles. The molecule has 4 aliphatic heterocycles. The summed E-state index contributed by atoms with van der Waals surface area (Å²) < 4.78 is 0. The van der Waals surface area contributed by atoms with Gasteiger partial charge in [-0.15, -0.1) is 0 Å². The summed E-state index contributed by atoms with van der Waals surface area (Å²) in [6, 6.07) is 34.5. The molecule has 0 unspecified atom stereocenters. The maximum absolute atomic E-state index is 4.40. The van der Waals surface area contributed by atoms with E-state index in [4.69, 9.17) is 0 Å². The Bertz CT molecular complexity index is 4030. The van der Waals surface area contributed by atoms with Crippen LogP contribution in [0, 0.1) is 57.7 Å². The zero-order valence-corrected chi connectivity index (χ0v) is 99.9. The van der Waals surface area contributed by atoms with Gasteiger partial charge in [-0.05, 0) is 374 Å². The molecule has 5 saturated carbocycles. The number of piperidine rings is 1. The van der Waals surface area contributed by atoms with Crippen molar-refractivity contribution >= 4 is 10.8 Å². The highest BCUT2D eigenvalue weighted by Crippen LogP contribution is 2.62. The van der Waals surface area contributed by atoms with Gasteiger partial charge < -0.3 is 0 Å². The number of nitrogens with zero attached hydrogens (tertiary/aromatic N) is 8. The maximum atomic E-state index is 4.40. The SMILES string of the molecule is CC(C)(C)C1CCN(C(C)(C)C)CC1.CC(C)C12CCC(C(C)C)(CC1)CC2.CC(C)C1=CC2=C(C1)CC(C(C)C)=C2.CC(C)C1=CC2=C(C=C(C(C)C)C2)C1.CC(C)N1CCN(C(C)C)CC1.CC(C)N1CCN(C(C)C)[C@@H]2CCCC[C@H]21.CC(C)N1CCN(C(C)C)[C@H]2CCCC[C@@H]21.CC(C)c1ccc(C(C)C)cc1.CC(C)c1ccc(C(C)C)nc1.CC(C)c1ccc2cc(C(C)C)ccc2c1. The van der Waals surface area contributed by atoms with Crippen molar-refractivity contribution in [1.82, 2.24) is 39.3 Å². The highest BCUT2D eigenvalue weighted by molar-refractivity contribution is 5.84. The summed E-state index contributed by atoms with van der Waals surface area (Å²) in [6.07, 6.45) is 39.9. The van der Waals surface area contributed by atoms with Gasteiger partial charge in [0, 0.05) is 130 Å². The first-order chi connectivity index (χ1) is 65.5. The largest absolute Gasteiger partial charge is 0.298 e. The van der Waals surface area contributed by atoms with Crippen LogP contribution in [0.3, 0.4) is 0 Å². The van der Waals surface area contributed by atoms with Crippen LogP contribution in [-0.2, 0) is 0 Å². The van der Waals surface area contributed by atoms with Crippen LogP contribution in [0.1, 0.15) is 488 Å². The fourth-order valence-corrected chi connectivity index (χ4v) is 24.4. The van der Waals surface area contributed by atoms with E-state index in [0.29, 0.717) is 46.5 Å². The molecule has 1 aromatic heterocycles. The molecular formula is C132H226N8. The third kappa shape index (κ3) is 36.0. The molecule has 0 radical (unpaired) electrons. The molecule has 8 nitrogen and oxygen atoms in total. The van der Waals surface area contributed by atoms with Gasteiger partial charge in [0.15, 0.2) is 0 Å². The van der Waals surface area contributed by atoms with Gasteiger partial charge in [-0.25, -0.2) is 0 Å². The predicted molar refractivity (Wildman–Crippen MR) is 622 cm³/mol. The number of benzene rings is 3. The molecule has 0 spiro atoms. The number of likely N-dealkylation sites (tertiary alicyclic amines) is 1. The Hall–Kier alpha value is -4.77. The Morgan fingerprint density at radius 1 is 0.286 bits per heavy atom. The average molecular weight is 1930 g/mol. The molecule has 140 heavy (non-hydrogen) atoms.